The van der Waals surface area contributed by atoms with E-state index in [0.29, 0.717) is 13.0 Å². The van der Waals surface area contributed by atoms with Gasteiger partial charge in [0.25, 0.3) is 0 Å². The number of rotatable bonds is 6. The van der Waals surface area contributed by atoms with Gasteiger partial charge in [0, 0.05) is 25.2 Å². The number of anilines is 1. The van der Waals surface area contributed by atoms with Crippen LogP contribution in [-0.2, 0) is 4.79 Å². The van der Waals surface area contributed by atoms with Crippen LogP contribution >= 0.6 is 0 Å². The van der Waals surface area contributed by atoms with Gasteiger partial charge in [0.1, 0.15) is 0 Å². The van der Waals surface area contributed by atoms with Crippen molar-refractivity contribution >= 4 is 11.6 Å². The number of benzene rings is 1. The van der Waals surface area contributed by atoms with Crippen molar-refractivity contribution in [2.24, 2.45) is 0 Å². The number of likely N-dealkylation sites (N-methyl/N-ethyl adjacent to an activating group) is 1. The van der Waals surface area contributed by atoms with Gasteiger partial charge in [-0.25, -0.2) is 0 Å². The summed E-state index contributed by atoms with van der Waals surface area (Å²) in [7, 11) is 0. The lowest BCUT2D eigenvalue weighted by Crippen LogP contribution is -2.32. The van der Waals surface area contributed by atoms with Crippen molar-refractivity contribution in [2.45, 2.75) is 33.1 Å². The fourth-order valence-electron chi connectivity index (χ4n) is 2.04. The molecular weight excluding hydrogens is 236 g/mol. The van der Waals surface area contributed by atoms with Crippen LogP contribution in [0.2, 0.25) is 0 Å². The minimum absolute atomic E-state index is 0.176. The molecular formula is C16H24N2O. The highest BCUT2D eigenvalue weighted by Gasteiger charge is 2.16. The maximum absolute atomic E-state index is 12.2. The predicted octanol–water partition coefficient (Wildman–Crippen LogP) is 3.19. The van der Waals surface area contributed by atoms with Crippen LogP contribution in [-0.4, -0.2) is 23.9 Å². The summed E-state index contributed by atoms with van der Waals surface area (Å²) < 4.78 is 0. The van der Waals surface area contributed by atoms with E-state index in [4.69, 9.17) is 5.73 Å². The molecule has 0 saturated heterocycles. The molecule has 104 valence electrons. The molecule has 1 unspecified atom stereocenters. The van der Waals surface area contributed by atoms with Crippen LogP contribution in [0.15, 0.2) is 36.4 Å². The summed E-state index contributed by atoms with van der Waals surface area (Å²) >= 11 is 0. The van der Waals surface area contributed by atoms with E-state index in [2.05, 4.69) is 13.5 Å². The van der Waals surface area contributed by atoms with Crippen molar-refractivity contribution in [1.82, 2.24) is 4.90 Å². The average Bonchev–Trinajstić information content (AvgIpc) is 2.36. The molecule has 3 nitrogen and oxygen atoms in total. The molecule has 0 aromatic heterocycles. The molecule has 0 heterocycles. The Balaban J connectivity index is 2.64. The minimum atomic E-state index is 0.176. The number of nitrogens with zero attached hydrogens (tertiary/aromatic N) is 1. The summed E-state index contributed by atoms with van der Waals surface area (Å²) in [5.41, 5.74) is 8.57. The van der Waals surface area contributed by atoms with Gasteiger partial charge in [-0.1, -0.05) is 31.2 Å². The number of amides is 1. The predicted molar refractivity (Wildman–Crippen MR) is 81.0 cm³/mol. The highest BCUT2D eigenvalue weighted by molar-refractivity contribution is 5.77. The van der Waals surface area contributed by atoms with E-state index < -0.39 is 0 Å². The van der Waals surface area contributed by atoms with E-state index in [1.54, 1.807) is 0 Å². The number of carbonyl (C=O) groups excluding carboxylic acids is 1. The van der Waals surface area contributed by atoms with Gasteiger partial charge >= 0.3 is 0 Å². The molecule has 1 aromatic carbocycles. The maximum Gasteiger partial charge on any atom is 0.223 e. The van der Waals surface area contributed by atoms with Gasteiger partial charge < -0.3 is 10.6 Å². The van der Waals surface area contributed by atoms with Gasteiger partial charge in [0.05, 0.1) is 0 Å². The molecule has 0 aliphatic rings. The molecule has 0 aliphatic carbocycles. The van der Waals surface area contributed by atoms with Crippen LogP contribution in [0.4, 0.5) is 5.69 Å². The van der Waals surface area contributed by atoms with E-state index in [1.165, 1.54) is 0 Å². The maximum atomic E-state index is 12.2. The van der Waals surface area contributed by atoms with Gasteiger partial charge in [-0.15, -0.1) is 0 Å². The number of hydrogen-bond acceptors (Lipinski definition) is 2. The van der Waals surface area contributed by atoms with Crippen molar-refractivity contribution in [2.75, 3.05) is 18.8 Å². The molecule has 19 heavy (non-hydrogen) atoms. The van der Waals surface area contributed by atoms with E-state index in [1.807, 2.05) is 43.0 Å². The first-order valence-corrected chi connectivity index (χ1v) is 6.71. The minimum Gasteiger partial charge on any atom is -0.399 e. The molecule has 3 heteroatoms. The SMILES string of the molecule is C=C(C)CN(CC)C(=O)CC(C)c1ccc(N)cc1. The third-order valence-electron chi connectivity index (χ3n) is 3.18. The van der Waals surface area contributed by atoms with Gasteiger partial charge in [0.2, 0.25) is 5.91 Å². The molecule has 1 amide bonds. The molecule has 0 saturated carbocycles. The monoisotopic (exact) mass is 260 g/mol. The molecule has 2 N–H and O–H groups in total. The normalized spacial score (nSPS) is 11.9. The first kappa shape index (κ1) is 15.3. The van der Waals surface area contributed by atoms with E-state index >= 15 is 0 Å². The van der Waals surface area contributed by atoms with Gasteiger partial charge in [0.15, 0.2) is 0 Å². The first-order valence-electron chi connectivity index (χ1n) is 6.71. The summed E-state index contributed by atoms with van der Waals surface area (Å²) in [6.45, 7) is 11.2. The average molecular weight is 260 g/mol. The molecule has 1 aromatic rings. The summed E-state index contributed by atoms with van der Waals surface area (Å²) in [6, 6.07) is 7.73. The molecule has 1 atom stereocenters. The highest BCUT2D eigenvalue weighted by atomic mass is 16.2. The first-order chi connectivity index (χ1) is 8.93. The van der Waals surface area contributed by atoms with Crippen molar-refractivity contribution in [3.63, 3.8) is 0 Å². The standard InChI is InChI=1S/C16H24N2O/c1-5-18(11-12(2)3)16(19)10-13(4)14-6-8-15(17)9-7-14/h6-9,13H,2,5,10-11,17H2,1,3-4H3. The third kappa shape index (κ3) is 4.78. The molecule has 0 bridgehead atoms. The molecule has 0 fully saturated rings. The van der Waals surface area contributed by atoms with E-state index in [-0.39, 0.29) is 11.8 Å². The Morgan fingerprint density at radius 3 is 2.42 bits per heavy atom. The largest absolute Gasteiger partial charge is 0.399 e. The molecule has 0 aliphatic heterocycles. The number of nitrogen functional groups attached to an aromatic ring is 1. The Morgan fingerprint density at radius 1 is 1.37 bits per heavy atom. The van der Waals surface area contributed by atoms with Crippen LogP contribution in [0.3, 0.4) is 0 Å². The van der Waals surface area contributed by atoms with Crippen LogP contribution in [0.1, 0.15) is 38.7 Å². The molecule has 0 spiro atoms. The quantitative estimate of drug-likeness (QED) is 0.630. The van der Waals surface area contributed by atoms with Crippen molar-refractivity contribution in [3.8, 4) is 0 Å². The zero-order valence-electron chi connectivity index (χ0n) is 12.1. The Labute approximate surface area is 116 Å². The zero-order chi connectivity index (χ0) is 14.4. The summed E-state index contributed by atoms with van der Waals surface area (Å²) in [5, 5.41) is 0. The third-order valence-corrected chi connectivity index (χ3v) is 3.18. The smallest absolute Gasteiger partial charge is 0.223 e. The van der Waals surface area contributed by atoms with Crippen molar-refractivity contribution in [3.05, 3.63) is 42.0 Å². The zero-order valence-corrected chi connectivity index (χ0v) is 12.1. The molecule has 0 radical (unpaired) electrons. The Kier molecular flexibility index (Phi) is 5.61. The van der Waals surface area contributed by atoms with Crippen LogP contribution in [0.5, 0.6) is 0 Å². The Hall–Kier alpha value is -1.77. The fraction of sp³-hybridized carbons (Fsp3) is 0.438. The van der Waals surface area contributed by atoms with Crippen LogP contribution < -0.4 is 5.73 Å². The lowest BCUT2D eigenvalue weighted by Gasteiger charge is -2.23. The van der Waals surface area contributed by atoms with Crippen molar-refractivity contribution < 1.29 is 4.79 Å². The number of nitrogens with two attached hydrogens (primary N) is 1. The topological polar surface area (TPSA) is 46.3 Å². The second kappa shape index (κ2) is 6.98. The molecule has 1 rings (SSSR count). The van der Waals surface area contributed by atoms with E-state index in [0.717, 1.165) is 23.4 Å². The van der Waals surface area contributed by atoms with Gasteiger partial charge in [-0.2, -0.15) is 0 Å². The Bertz CT molecular complexity index is 437. The summed E-state index contributed by atoms with van der Waals surface area (Å²) in [5.74, 6) is 0.377. The summed E-state index contributed by atoms with van der Waals surface area (Å²) in [6.07, 6.45) is 0.519. The van der Waals surface area contributed by atoms with Crippen LogP contribution in [0, 0.1) is 0 Å². The Morgan fingerprint density at radius 2 is 1.95 bits per heavy atom. The van der Waals surface area contributed by atoms with Gasteiger partial charge in [-0.3, -0.25) is 4.79 Å². The lowest BCUT2D eigenvalue weighted by molar-refractivity contribution is -0.130. The van der Waals surface area contributed by atoms with E-state index in [9.17, 15) is 4.79 Å². The van der Waals surface area contributed by atoms with Gasteiger partial charge in [-0.05, 0) is 37.5 Å². The number of carbonyl (C=O) groups is 1. The second-order valence-electron chi connectivity index (χ2n) is 5.14. The van der Waals surface area contributed by atoms with Crippen LogP contribution in [0.25, 0.3) is 0 Å². The summed E-state index contributed by atoms with van der Waals surface area (Å²) in [4.78, 5) is 14.1. The second-order valence-corrected chi connectivity index (χ2v) is 5.14. The number of hydrogen-bond donors (Lipinski definition) is 1. The highest BCUT2D eigenvalue weighted by Crippen LogP contribution is 2.21. The lowest BCUT2D eigenvalue weighted by atomic mass is 9.97. The fourth-order valence-corrected chi connectivity index (χ4v) is 2.04. The van der Waals surface area contributed by atoms with Crippen molar-refractivity contribution in [1.29, 1.82) is 0 Å².